The first-order valence-corrected chi connectivity index (χ1v) is 8.11. The molecule has 4 N–H and O–H groups in total. The van der Waals surface area contributed by atoms with Gasteiger partial charge in [-0.25, -0.2) is 4.39 Å². The molecule has 1 saturated carbocycles. The number of nitrogens with one attached hydrogen (secondary N) is 2. The summed E-state index contributed by atoms with van der Waals surface area (Å²) in [4.78, 5) is 23.9. The van der Waals surface area contributed by atoms with E-state index in [9.17, 15) is 14.0 Å². The molecule has 0 spiro atoms. The van der Waals surface area contributed by atoms with E-state index in [0.717, 1.165) is 32.1 Å². The maximum Gasteiger partial charge on any atom is 0.227 e. The van der Waals surface area contributed by atoms with E-state index in [1.165, 1.54) is 18.2 Å². The predicted molar refractivity (Wildman–Crippen MR) is 95.7 cm³/mol. The van der Waals surface area contributed by atoms with Crippen LogP contribution in [0.15, 0.2) is 18.2 Å². The fourth-order valence-corrected chi connectivity index (χ4v) is 2.80. The number of halogens is 2. The van der Waals surface area contributed by atoms with E-state index in [0.29, 0.717) is 5.69 Å². The summed E-state index contributed by atoms with van der Waals surface area (Å²) < 4.78 is 13.9. The smallest absolute Gasteiger partial charge is 0.227 e. The lowest BCUT2D eigenvalue weighted by Crippen LogP contribution is -2.25. The molecule has 0 bridgehead atoms. The third-order valence-electron chi connectivity index (χ3n) is 3.99. The fraction of sp³-hybridized carbons (Fsp3) is 0.529. The Morgan fingerprint density at radius 1 is 1.25 bits per heavy atom. The number of anilines is 2. The van der Waals surface area contributed by atoms with Crippen LogP contribution in [0.3, 0.4) is 0 Å². The number of carbonyl (C=O) groups is 2. The zero-order valence-corrected chi connectivity index (χ0v) is 14.6. The van der Waals surface area contributed by atoms with Crippen molar-refractivity contribution in [2.45, 2.75) is 51.5 Å². The molecule has 1 fully saturated rings. The van der Waals surface area contributed by atoms with Crippen molar-refractivity contribution in [3.63, 3.8) is 0 Å². The zero-order valence-electron chi connectivity index (χ0n) is 13.8. The summed E-state index contributed by atoms with van der Waals surface area (Å²) in [6.45, 7) is 1.74. The lowest BCUT2D eigenvalue weighted by molar-refractivity contribution is -0.120. The Balaban J connectivity index is 0.00000288. The lowest BCUT2D eigenvalue weighted by Gasteiger charge is -2.21. The first-order valence-electron chi connectivity index (χ1n) is 8.11. The molecule has 7 heteroatoms. The van der Waals surface area contributed by atoms with E-state index in [-0.39, 0.29) is 48.3 Å². The number of benzene rings is 1. The molecule has 0 aromatic heterocycles. The van der Waals surface area contributed by atoms with Gasteiger partial charge >= 0.3 is 0 Å². The summed E-state index contributed by atoms with van der Waals surface area (Å²) in [6.07, 6.45) is 5.10. The molecule has 5 nitrogen and oxygen atoms in total. The van der Waals surface area contributed by atoms with Gasteiger partial charge in [-0.15, -0.1) is 12.4 Å². The monoisotopic (exact) mass is 357 g/mol. The molecule has 134 valence electrons. The normalized spacial score (nSPS) is 16.0. The van der Waals surface area contributed by atoms with Crippen molar-refractivity contribution in [2.75, 3.05) is 10.6 Å². The summed E-state index contributed by atoms with van der Waals surface area (Å²) in [5.74, 6) is -0.960. The van der Waals surface area contributed by atoms with Crippen LogP contribution in [0.25, 0.3) is 0 Å². The molecule has 1 atom stereocenters. The standard InChI is InChI=1S/C17H24FN3O2.ClH/c1-11(19)9-16(22)20-13-7-8-14(18)15(10-13)21-17(23)12-5-3-2-4-6-12;/h7-8,10-12H,2-6,9,19H2,1H3,(H,20,22)(H,21,23);1H. The minimum atomic E-state index is -0.514. The molecule has 0 heterocycles. The van der Waals surface area contributed by atoms with Crippen molar-refractivity contribution in [2.24, 2.45) is 11.7 Å². The highest BCUT2D eigenvalue weighted by Crippen LogP contribution is 2.26. The first kappa shape index (κ1) is 20.4. The molecule has 0 saturated heterocycles. The van der Waals surface area contributed by atoms with E-state index in [1.807, 2.05) is 0 Å². The molecule has 2 rings (SSSR count). The third kappa shape index (κ3) is 6.09. The van der Waals surface area contributed by atoms with Gasteiger partial charge in [0.2, 0.25) is 11.8 Å². The van der Waals surface area contributed by atoms with Gasteiger partial charge < -0.3 is 16.4 Å². The molecule has 1 aromatic rings. The second-order valence-corrected chi connectivity index (χ2v) is 6.25. The van der Waals surface area contributed by atoms with E-state index >= 15 is 0 Å². The number of carbonyl (C=O) groups excluding carboxylic acids is 2. The second kappa shape index (κ2) is 9.59. The topological polar surface area (TPSA) is 84.2 Å². The van der Waals surface area contributed by atoms with E-state index in [4.69, 9.17) is 5.73 Å². The minimum absolute atomic E-state index is 0. The highest BCUT2D eigenvalue weighted by atomic mass is 35.5. The Morgan fingerprint density at radius 3 is 2.54 bits per heavy atom. The maximum atomic E-state index is 13.9. The first-order chi connectivity index (χ1) is 11.0. The van der Waals surface area contributed by atoms with Gasteiger partial charge in [0.25, 0.3) is 0 Å². The second-order valence-electron chi connectivity index (χ2n) is 6.25. The van der Waals surface area contributed by atoms with Crippen LogP contribution in [0.5, 0.6) is 0 Å². The largest absolute Gasteiger partial charge is 0.327 e. The van der Waals surface area contributed by atoms with Crippen LogP contribution in [-0.2, 0) is 9.59 Å². The number of hydrogen-bond acceptors (Lipinski definition) is 3. The SMILES string of the molecule is CC(N)CC(=O)Nc1ccc(F)c(NC(=O)C2CCCCC2)c1.Cl. The highest BCUT2D eigenvalue weighted by Gasteiger charge is 2.22. The van der Waals surface area contributed by atoms with Crippen LogP contribution in [0.1, 0.15) is 45.4 Å². The minimum Gasteiger partial charge on any atom is -0.327 e. The number of nitrogens with two attached hydrogens (primary N) is 1. The molecule has 1 aromatic carbocycles. The van der Waals surface area contributed by atoms with Crippen molar-refractivity contribution in [1.82, 2.24) is 0 Å². The van der Waals surface area contributed by atoms with E-state index in [1.54, 1.807) is 6.92 Å². The Bertz CT molecular complexity index is 575. The van der Waals surface area contributed by atoms with Crippen LogP contribution < -0.4 is 16.4 Å². The van der Waals surface area contributed by atoms with Crippen LogP contribution in [-0.4, -0.2) is 17.9 Å². The molecular formula is C17H25ClFN3O2. The van der Waals surface area contributed by atoms with Gasteiger partial charge in [0.15, 0.2) is 0 Å². The highest BCUT2D eigenvalue weighted by molar-refractivity contribution is 5.95. The van der Waals surface area contributed by atoms with Gasteiger partial charge in [0.1, 0.15) is 5.82 Å². The Labute approximate surface area is 148 Å². The van der Waals surface area contributed by atoms with Crippen LogP contribution >= 0.6 is 12.4 Å². The van der Waals surface area contributed by atoms with Gasteiger partial charge in [0.05, 0.1) is 5.69 Å². The number of hydrogen-bond donors (Lipinski definition) is 3. The molecule has 24 heavy (non-hydrogen) atoms. The van der Waals surface area contributed by atoms with Crippen molar-refractivity contribution in [3.05, 3.63) is 24.0 Å². The van der Waals surface area contributed by atoms with E-state index < -0.39 is 5.82 Å². The van der Waals surface area contributed by atoms with Crippen LogP contribution in [0.2, 0.25) is 0 Å². The molecule has 0 radical (unpaired) electrons. The van der Waals surface area contributed by atoms with Gasteiger partial charge in [0, 0.05) is 24.1 Å². The third-order valence-corrected chi connectivity index (χ3v) is 3.99. The van der Waals surface area contributed by atoms with Gasteiger partial charge in [-0.2, -0.15) is 0 Å². The number of rotatable bonds is 5. The van der Waals surface area contributed by atoms with Crippen molar-refractivity contribution < 1.29 is 14.0 Å². The number of amides is 2. The van der Waals surface area contributed by atoms with Gasteiger partial charge in [-0.05, 0) is 38.0 Å². The van der Waals surface area contributed by atoms with Crippen LogP contribution in [0.4, 0.5) is 15.8 Å². The summed E-state index contributed by atoms with van der Waals surface area (Å²) in [6, 6.07) is 3.89. The van der Waals surface area contributed by atoms with Crippen LogP contribution in [0, 0.1) is 11.7 Å². The average Bonchev–Trinajstić information content (AvgIpc) is 2.50. The molecule has 2 amide bonds. The summed E-state index contributed by atoms with van der Waals surface area (Å²) >= 11 is 0. The summed E-state index contributed by atoms with van der Waals surface area (Å²) in [5, 5.41) is 5.30. The van der Waals surface area contributed by atoms with E-state index in [2.05, 4.69) is 10.6 Å². The van der Waals surface area contributed by atoms with Crippen molar-refractivity contribution >= 4 is 35.6 Å². The fourth-order valence-electron chi connectivity index (χ4n) is 2.80. The summed E-state index contributed by atoms with van der Waals surface area (Å²) in [7, 11) is 0. The van der Waals surface area contributed by atoms with Gasteiger partial charge in [-0.3, -0.25) is 9.59 Å². The predicted octanol–water partition coefficient (Wildman–Crippen LogP) is 3.44. The Kier molecular flexibility index (Phi) is 8.15. The molecular weight excluding hydrogens is 333 g/mol. The molecule has 0 aliphatic heterocycles. The molecule has 1 aliphatic rings. The van der Waals surface area contributed by atoms with Gasteiger partial charge in [-0.1, -0.05) is 19.3 Å². The lowest BCUT2D eigenvalue weighted by atomic mass is 9.88. The average molecular weight is 358 g/mol. The zero-order chi connectivity index (χ0) is 16.8. The Hall–Kier alpha value is -1.66. The summed E-state index contributed by atoms with van der Waals surface area (Å²) in [5.41, 5.74) is 6.11. The molecule has 1 unspecified atom stereocenters. The Morgan fingerprint density at radius 2 is 1.92 bits per heavy atom. The van der Waals surface area contributed by atoms with Crippen molar-refractivity contribution in [3.8, 4) is 0 Å². The van der Waals surface area contributed by atoms with Crippen molar-refractivity contribution in [1.29, 1.82) is 0 Å². The maximum absolute atomic E-state index is 13.9. The quantitative estimate of drug-likeness (QED) is 0.754. The molecule has 1 aliphatic carbocycles.